The van der Waals surface area contributed by atoms with Crippen molar-refractivity contribution in [3.05, 3.63) is 18.0 Å². The summed E-state index contributed by atoms with van der Waals surface area (Å²) in [6.07, 6.45) is 1.74. The Bertz CT molecular complexity index is 440. The third kappa shape index (κ3) is 3.32. The monoisotopic (exact) mass is 253 g/mol. The summed E-state index contributed by atoms with van der Waals surface area (Å²) in [4.78, 5) is 24.1. The van der Waals surface area contributed by atoms with E-state index in [0.29, 0.717) is 5.69 Å². The van der Waals surface area contributed by atoms with E-state index in [0.717, 1.165) is 0 Å². The number of aromatic nitrogens is 2. The maximum Gasteiger partial charge on any atom is 0.308 e. The van der Waals surface area contributed by atoms with E-state index in [1.807, 2.05) is 13.8 Å². The van der Waals surface area contributed by atoms with E-state index in [1.165, 1.54) is 4.90 Å². The summed E-state index contributed by atoms with van der Waals surface area (Å²) in [5, 5.41) is 13.0. The first-order valence-corrected chi connectivity index (χ1v) is 5.86. The molecule has 0 aliphatic rings. The van der Waals surface area contributed by atoms with Crippen molar-refractivity contribution in [3.8, 4) is 0 Å². The molecule has 18 heavy (non-hydrogen) atoms. The van der Waals surface area contributed by atoms with Crippen molar-refractivity contribution >= 4 is 11.9 Å². The Kier molecular flexibility index (Phi) is 4.47. The maximum absolute atomic E-state index is 12.0. The van der Waals surface area contributed by atoms with Crippen LogP contribution in [0.15, 0.2) is 12.3 Å². The van der Waals surface area contributed by atoms with Crippen LogP contribution >= 0.6 is 0 Å². The van der Waals surface area contributed by atoms with E-state index in [9.17, 15) is 9.59 Å². The molecule has 0 spiro atoms. The molecule has 100 valence electrons. The number of carbonyl (C=O) groups excluding carboxylic acids is 1. The third-order valence-electron chi connectivity index (χ3n) is 2.67. The number of carbonyl (C=O) groups is 2. The van der Waals surface area contributed by atoms with Crippen LogP contribution in [0.25, 0.3) is 0 Å². The highest BCUT2D eigenvalue weighted by Gasteiger charge is 2.20. The zero-order valence-electron chi connectivity index (χ0n) is 11.1. The van der Waals surface area contributed by atoms with Gasteiger partial charge in [0.25, 0.3) is 5.91 Å². The van der Waals surface area contributed by atoms with Crippen LogP contribution in [0, 0.1) is 5.92 Å². The highest BCUT2D eigenvalue weighted by Crippen LogP contribution is 2.07. The standard InChI is InChI=1S/C12H19N3O3/c1-8(2)15-6-5-10(13-15)11(16)14(4)7-9(3)12(17)18/h5-6,8-9H,7H2,1-4H3,(H,17,18). The second kappa shape index (κ2) is 5.66. The molecular formula is C12H19N3O3. The van der Waals surface area contributed by atoms with E-state index in [2.05, 4.69) is 5.10 Å². The van der Waals surface area contributed by atoms with Crippen LogP contribution in [0.3, 0.4) is 0 Å². The highest BCUT2D eigenvalue weighted by molar-refractivity contribution is 5.92. The number of hydrogen-bond donors (Lipinski definition) is 1. The number of carboxylic acids is 1. The van der Waals surface area contributed by atoms with Crippen LogP contribution in [-0.4, -0.2) is 45.3 Å². The average Bonchev–Trinajstić information content (AvgIpc) is 2.76. The molecule has 1 N–H and O–H groups in total. The zero-order chi connectivity index (χ0) is 13.9. The van der Waals surface area contributed by atoms with Gasteiger partial charge in [0.1, 0.15) is 5.69 Å². The van der Waals surface area contributed by atoms with Crippen LogP contribution in [-0.2, 0) is 4.79 Å². The van der Waals surface area contributed by atoms with E-state index >= 15 is 0 Å². The lowest BCUT2D eigenvalue weighted by molar-refractivity contribution is -0.141. The number of carboxylic acid groups (broad SMARTS) is 1. The second-order valence-electron chi connectivity index (χ2n) is 4.70. The molecule has 1 aromatic heterocycles. The maximum atomic E-state index is 12.0. The quantitative estimate of drug-likeness (QED) is 0.857. The minimum absolute atomic E-state index is 0.169. The van der Waals surface area contributed by atoms with Crippen LogP contribution < -0.4 is 0 Å². The van der Waals surface area contributed by atoms with Gasteiger partial charge in [-0.1, -0.05) is 6.92 Å². The summed E-state index contributed by atoms with van der Waals surface area (Å²) in [5.74, 6) is -1.77. The molecule has 0 saturated heterocycles. The minimum atomic E-state index is -0.914. The number of rotatable bonds is 5. The fourth-order valence-electron chi connectivity index (χ4n) is 1.51. The Balaban J connectivity index is 2.71. The fourth-order valence-corrected chi connectivity index (χ4v) is 1.51. The van der Waals surface area contributed by atoms with Gasteiger partial charge in [-0.3, -0.25) is 14.3 Å². The first-order valence-electron chi connectivity index (χ1n) is 5.86. The van der Waals surface area contributed by atoms with Crippen molar-refractivity contribution in [3.63, 3.8) is 0 Å². The summed E-state index contributed by atoms with van der Waals surface area (Å²) in [6.45, 7) is 5.68. The lowest BCUT2D eigenvalue weighted by Crippen LogP contribution is -2.34. The normalized spacial score (nSPS) is 12.5. The Morgan fingerprint density at radius 2 is 2.06 bits per heavy atom. The van der Waals surface area contributed by atoms with E-state index in [4.69, 9.17) is 5.11 Å². The van der Waals surface area contributed by atoms with E-state index in [1.54, 1.807) is 30.9 Å². The van der Waals surface area contributed by atoms with Gasteiger partial charge in [-0.2, -0.15) is 5.10 Å². The second-order valence-corrected chi connectivity index (χ2v) is 4.70. The van der Waals surface area contributed by atoms with Gasteiger partial charge in [0.2, 0.25) is 0 Å². The van der Waals surface area contributed by atoms with Gasteiger partial charge in [-0.05, 0) is 19.9 Å². The molecule has 6 heteroatoms. The Hall–Kier alpha value is -1.85. The van der Waals surface area contributed by atoms with Gasteiger partial charge in [-0.15, -0.1) is 0 Å². The average molecular weight is 253 g/mol. The molecule has 0 radical (unpaired) electrons. The number of nitrogens with zero attached hydrogens (tertiary/aromatic N) is 3. The van der Waals surface area contributed by atoms with E-state index < -0.39 is 11.9 Å². The molecule has 0 aliphatic carbocycles. The first-order chi connectivity index (χ1) is 8.32. The van der Waals surface area contributed by atoms with Gasteiger partial charge in [-0.25, -0.2) is 0 Å². The summed E-state index contributed by atoms with van der Waals surface area (Å²) in [6, 6.07) is 1.83. The van der Waals surface area contributed by atoms with Crippen LogP contribution in [0.5, 0.6) is 0 Å². The molecule has 0 bridgehead atoms. The van der Waals surface area contributed by atoms with Crippen LogP contribution in [0.4, 0.5) is 0 Å². The topological polar surface area (TPSA) is 75.4 Å². The minimum Gasteiger partial charge on any atom is -0.481 e. The van der Waals surface area contributed by atoms with Crippen molar-refractivity contribution in [2.75, 3.05) is 13.6 Å². The molecule has 0 saturated carbocycles. The number of amides is 1. The van der Waals surface area contributed by atoms with Crippen molar-refractivity contribution in [1.29, 1.82) is 0 Å². The molecule has 0 fully saturated rings. The Morgan fingerprint density at radius 1 is 1.44 bits per heavy atom. The van der Waals surface area contributed by atoms with Gasteiger partial charge < -0.3 is 10.0 Å². The van der Waals surface area contributed by atoms with Gasteiger partial charge in [0.05, 0.1) is 5.92 Å². The first kappa shape index (κ1) is 14.2. The predicted octanol–water partition coefficient (Wildman–Crippen LogP) is 1.26. The summed E-state index contributed by atoms with van der Waals surface area (Å²) >= 11 is 0. The van der Waals surface area contributed by atoms with Crippen LogP contribution in [0.1, 0.15) is 37.3 Å². The third-order valence-corrected chi connectivity index (χ3v) is 2.67. The summed E-state index contributed by atoms with van der Waals surface area (Å²) < 4.78 is 1.70. The van der Waals surface area contributed by atoms with Gasteiger partial charge >= 0.3 is 5.97 Å². The Morgan fingerprint density at radius 3 is 2.50 bits per heavy atom. The van der Waals surface area contributed by atoms with Crippen molar-refractivity contribution in [2.45, 2.75) is 26.8 Å². The molecule has 6 nitrogen and oxygen atoms in total. The Labute approximate surface area is 106 Å². The van der Waals surface area contributed by atoms with Crippen molar-refractivity contribution < 1.29 is 14.7 Å². The fraction of sp³-hybridized carbons (Fsp3) is 0.583. The molecule has 0 aliphatic heterocycles. The molecule has 1 atom stereocenters. The van der Waals surface area contributed by atoms with Gasteiger partial charge in [0, 0.05) is 25.8 Å². The molecule has 1 amide bonds. The number of hydrogen-bond acceptors (Lipinski definition) is 3. The van der Waals surface area contributed by atoms with Crippen molar-refractivity contribution in [2.24, 2.45) is 5.92 Å². The largest absolute Gasteiger partial charge is 0.481 e. The molecular weight excluding hydrogens is 234 g/mol. The van der Waals surface area contributed by atoms with Crippen LogP contribution in [0.2, 0.25) is 0 Å². The van der Waals surface area contributed by atoms with Gasteiger partial charge in [0.15, 0.2) is 0 Å². The lowest BCUT2D eigenvalue weighted by atomic mass is 10.2. The molecule has 1 unspecified atom stereocenters. The highest BCUT2D eigenvalue weighted by atomic mass is 16.4. The summed E-state index contributed by atoms with van der Waals surface area (Å²) in [7, 11) is 1.58. The smallest absolute Gasteiger partial charge is 0.308 e. The molecule has 1 aromatic rings. The molecule has 1 rings (SSSR count). The zero-order valence-corrected chi connectivity index (χ0v) is 11.1. The van der Waals surface area contributed by atoms with E-state index in [-0.39, 0.29) is 18.5 Å². The lowest BCUT2D eigenvalue weighted by Gasteiger charge is -2.18. The predicted molar refractivity (Wildman–Crippen MR) is 66.4 cm³/mol. The summed E-state index contributed by atoms with van der Waals surface area (Å²) in [5.41, 5.74) is 0.337. The SMILES string of the molecule is CC(CN(C)C(=O)c1ccn(C(C)C)n1)C(=O)O. The molecule has 1 heterocycles. The number of aliphatic carboxylic acids is 1. The van der Waals surface area contributed by atoms with Crippen molar-refractivity contribution in [1.82, 2.24) is 14.7 Å². The molecule has 0 aromatic carbocycles.